The van der Waals surface area contributed by atoms with Gasteiger partial charge in [-0.25, -0.2) is 4.39 Å². The summed E-state index contributed by atoms with van der Waals surface area (Å²) in [4.78, 5) is 15.4. The van der Waals surface area contributed by atoms with Crippen LogP contribution in [0.25, 0.3) is 11.3 Å². The highest BCUT2D eigenvalue weighted by Crippen LogP contribution is 2.28. The van der Waals surface area contributed by atoms with Crippen molar-refractivity contribution in [2.75, 3.05) is 45.2 Å². The van der Waals surface area contributed by atoms with Crippen LogP contribution in [0.1, 0.15) is 15.9 Å². The quantitative estimate of drug-likeness (QED) is 0.582. The van der Waals surface area contributed by atoms with E-state index >= 15 is 0 Å². The molecule has 1 fully saturated rings. The van der Waals surface area contributed by atoms with Crippen LogP contribution in [0.5, 0.6) is 5.75 Å². The Kier molecular flexibility index (Phi) is 6.06. The van der Waals surface area contributed by atoms with Crippen molar-refractivity contribution in [3.8, 4) is 17.0 Å². The highest BCUT2D eigenvalue weighted by molar-refractivity contribution is 6.15. The molecule has 1 aromatic heterocycles. The highest BCUT2D eigenvalue weighted by Gasteiger charge is 2.22. The smallest absolute Gasteiger partial charge is 0.199 e. The van der Waals surface area contributed by atoms with Crippen LogP contribution >= 0.6 is 0 Å². The summed E-state index contributed by atoms with van der Waals surface area (Å²) in [7, 11) is 0. The molecule has 2 heterocycles. The lowest BCUT2D eigenvalue weighted by molar-refractivity contribution is 0.0322. The van der Waals surface area contributed by atoms with Gasteiger partial charge in [-0.2, -0.15) is 5.10 Å². The largest absolute Gasteiger partial charge is 0.492 e. The number of morpholine rings is 1. The SMILES string of the molecule is Nc1n[nH]c(-c2ccc(F)cc2)c1C(=O)c1cccc(OCCN2CCOCC2)c1. The summed E-state index contributed by atoms with van der Waals surface area (Å²) in [6.45, 7) is 4.60. The van der Waals surface area contributed by atoms with Crippen molar-refractivity contribution >= 4 is 11.6 Å². The van der Waals surface area contributed by atoms with E-state index in [2.05, 4.69) is 15.1 Å². The number of ether oxygens (including phenoxy) is 2. The minimum absolute atomic E-state index is 0.0953. The number of carbonyl (C=O) groups excluding carboxylic acids is 1. The van der Waals surface area contributed by atoms with Gasteiger partial charge in [-0.1, -0.05) is 12.1 Å². The Morgan fingerprint density at radius 2 is 1.97 bits per heavy atom. The van der Waals surface area contributed by atoms with Gasteiger partial charge in [0.15, 0.2) is 11.6 Å². The number of anilines is 1. The molecule has 30 heavy (non-hydrogen) atoms. The molecule has 0 bridgehead atoms. The molecule has 1 aliphatic heterocycles. The van der Waals surface area contributed by atoms with Crippen LogP contribution in [0.4, 0.5) is 10.2 Å². The average Bonchev–Trinajstić information content (AvgIpc) is 3.16. The number of hydrogen-bond acceptors (Lipinski definition) is 6. The van der Waals surface area contributed by atoms with Crippen LogP contribution < -0.4 is 10.5 Å². The number of nitrogen functional groups attached to an aromatic ring is 1. The summed E-state index contributed by atoms with van der Waals surface area (Å²) >= 11 is 0. The molecule has 0 spiro atoms. The minimum Gasteiger partial charge on any atom is -0.492 e. The molecule has 2 aromatic carbocycles. The van der Waals surface area contributed by atoms with E-state index in [1.165, 1.54) is 12.1 Å². The molecule has 0 atom stereocenters. The molecule has 1 aliphatic rings. The molecule has 4 rings (SSSR count). The number of benzene rings is 2. The Labute approximate surface area is 173 Å². The van der Waals surface area contributed by atoms with E-state index in [-0.39, 0.29) is 23.0 Å². The van der Waals surface area contributed by atoms with Gasteiger partial charge in [-0.05, 0) is 36.4 Å². The molecular formula is C22H23FN4O3. The lowest BCUT2D eigenvalue weighted by Crippen LogP contribution is -2.38. The van der Waals surface area contributed by atoms with Gasteiger partial charge in [0.2, 0.25) is 0 Å². The maximum atomic E-state index is 13.3. The first kappa shape index (κ1) is 20.1. The summed E-state index contributed by atoms with van der Waals surface area (Å²) < 4.78 is 24.4. The van der Waals surface area contributed by atoms with Crippen molar-refractivity contribution in [2.24, 2.45) is 0 Å². The summed E-state index contributed by atoms with van der Waals surface area (Å²) in [5, 5.41) is 6.76. The van der Waals surface area contributed by atoms with Crippen LogP contribution in [0, 0.1) is 5.82 Å². The first-order valence-corrected chi connectivity index (χ1v) is 9.79. The third-order valence-corrected chi connectivity index (χ3v) is 5.03. The zero-order chi connectivity index (χ0) is 20.9. The number of nitrogens with two attached hydrogens (primary N) is 1. The molecule has 3 aromatic rings. The molecule has 156 valence electrons. The van der Waals surface area contributed by atoms with E-state index < -0.39 is 0 Å². The second kappa shape index (κ2) is 9.06. The van der Waals surface area contributed by atoms with Crippen LogP contribution in [0.15, 0.2) is 48.5 Å². The molecule has 0 unspecified atom stereocenters. The number of hydrogen-bond donors (Lipinski definition) is 2. The fourth-order valence-corrected chi connectivity index (χ4v) is 3.40. The van der Waals surface area contributed by atoms with Gasteiger partial charge in [-0.3, -0.25) is 14.8 Å². The van der Waals surface area contributed by atoms with Crippen LogP contribution in [-0.4, -0.2) is 60.3 Å². The Morgan fingerprint density at radius 1 is 1.20 bits per heavy atom. The van der Waals surface area contributed by atoms with Crippen molar-refractivity contribution in [2.45, 2.75) is 0 Å². The molecule has 0 saturated carbocycles. The van der Waals surface area contributed by atoms with Crippen molar-refractivity contribution in [1.82, 2.24) is 15.1 Å². The number of carbonyl (C=O) groups is 1. The molecule has 8 heteroatoms. The number of nitrogens with one attached hydrogen (secondary N) is 1. The third-order valence-electron chi connectivity index (χ3n) is 5.03. The van der Waals surface area contributed by atoms with Crippen LogP contribution in [-0.2, 0) is 4.74 Å². The molecule has 0 amide bonds. The van der Waals surface area contributed by atoms with E-state index in [9.17, 15) is 9.18 Å². The standard InChI is InChI=1S/C22H23FN4O3/c23-17-6-4-15(5-7-17)20-19(22(24)26-25-20)21(28)16-2-1-3-18(14-16)30-13-10-27-8-11-29-12-9-27/h1-7,14H,8-13H2,(H3,24,25,26). The number of aromatic amines is 1. The van der Waals surface area contributed by atoms with E-state index in [4.69, 9.17) is 15.2 Å². The first-order valence-electron chi connectivity index (χ1n) is 9.79. The summed E-state index contributed by atoms with van der Waals surface area (Å²) in [6, 6.07) is 12.8. The third kappa shape index (κ3) is 4.50. The number of aromatic nitrogens is 2. The second-order valence-corrected chi connectivity index (χ2v) is 7.03. The Morgan fingerprint density at radius 3 is 2.73 bits per heavy atom. The van der Waals surface area contributed by atoms with E-state index in [0.29, 0.717) is 29.2 Å². The zero-order valence-corrected chi connectivity index (χ0v) is 16.4. The summed E-state index contributed by atoms with van der Waals surface area (Å²) in [5.41, 5.74) is 7.74. The Bertz CT molecular complexity index is 1010. The van der Waals surface area contributed by atoms with Crippen molar-refractivity contribution in [3.63, 3.8) is 0 Å². The lowest BCUT2D eigenvalue weighted by Gasteiger charge is -2.26. The average molecular weight is 410 g/mol. The van der Waals surface area contributed by atoms with Gasteiger partial charge in [0.1, 0.15) is 18.2 Å². The number of ketones is 1. The molecular weight excluding hydrogens is 387 g/mol. The van der Waals surface area contributed by atoms with E-state index in [1.54, 1.807) is 30.3 Å². The monoisotopic (exact) mass is 410 g/mol. The number of halogens is 1. The molecule has 0 radical (unpaired) electrons. The minimum atomic E-state index is -0.360. The van der Waals surface area contributed by atoms with Gasteiger partial charge in [0, 0.05) is 30.8 Å². The first-order chi connectivity index (χ1) is 14.6. The molecule has 1 saturated heterocycles. The van der Waals surface area contributed by atoms with Gasteiger partial charge in [0.05, 0.1) is 24.5 Å². The zero-order valence-electron chi connectivity index (χ0n) is 16.4. The molecule has 7 nitrogen and oxygen atoms in total. The Hall–Kier alpha value is -3.23. The fraction of sp³-hybridized carbons (Fsp3) is 0.273. The van der Waals surface area contributed by atoms with Crippen molar-refractivity contribution < 1.29 is 18.7 Å². The van der Waals surface area contributed by atoms with Crippen LogP contribution in [0.2, 0.25) is 0 Å². The predicted molar refractivity (Wildman–Crippen MR) is 111 cm³/mol. The topological polar surface area (TPSA) is 93.5 Å². The maximum absolute atomic E-state index is 13.3. The fourth-order valence-electron chi connectivity index (χ4n) is 3.40. The van der Waals surface area contributed by atoms with E-state index in [1.807, 2.05) is 6.07 Å². The normalized spacial score (nSPS) is 14.6. The summed E-state index contributed by atoms with van der Waals surface area (Å²) in [6.07, 6.45) is 0. The number of nitrogens with zero attached hydrogens (tertiary/aromatic N) is 2. The number of H-pyrrole nitrogens is 1. The molecule has 3 N–H and O–H groups in total. The van der Waals surface area contributed by atoms with E-state index in [0.717, 1.165) is 32.8 Å². The van der Waals surface area contributed by atoms with Gasteiger partial charge in [0.25, 0.3) is 0 Å². The van der Waals surface area contributed by atoms with Gasteiger partial charge >= 0.3 is 0 Å². The van der Waals surface area contributed by atoms with Gasteiger partial charge in [-0.15, -0.1) is 0 Å². The predicted octanol–water partition coefficient (Wildman–Crippen LogP) is 2.74. The van der Waals surface area contributed by atoms with Crippen LogP contribution in [0.3, 0.4) is 0 Å². The van der Waals surface area contributed by atoms with Gasteiger partial charge < -0.3 is 15.2 Å². The molecule has 0 aliphatic carbocycles. The lowest BCUT2D eigenvalue weighted by atomic mass is 9.99. The highest BCUT2D eigenvalue weighted by atomic mass is 19.1. The van der Waals surface area contributed by atoms with Crippen molar-refractivity contribution in [1.29, 1.82) is 0 Å². The second-order valence-electron chi connectivity index (χ2n) is 7.03. The summed E-state index contributed by atoms with van der Waals surface area (Å²) in [5.74, 6) is 0.0673. The maximum Gasteiger partial charge on any atom is 0.199 e. The van der Waals surface area contributed by atoms with Crippen molar-refractivity contribution in [3.05, 3.63) is 65.5 Å². The Balaban J connectivity index is 1.49. The number of rotatable bonds is 7.